The minimum atomic E-state index is -0.133. The summed E-state index contributed by atoms with van der Waals surface area (Å²) >= 11 is 0. The van der Waals surface area contributed by atoms with Gasteiger partial charge < -0.3 is 15.0 Å². The average Bonchev–Trinajstić information content (AvgIpc) is 3.12. The van der Waals surface area contributed by atoms with Crippen LogP contribution in [0, 0.1) is 0 Å². The van der Waals surface area contributed by atoms with E-state index >= 15 is 0 Å². The highest BCUT2D eigenvalue weighted by Gasteiger charge is 2.26. The predicted molar refractivity (Wildman–Crippen MR) is 98.0 cm³/mol. The third kappa shape index (κ3) is 3.18. The van der Waals surface area contributed by atoms with Crippen molar-refractivity contribution < 1.29 is 14.3 Å². The number of ether oxygens (including phenoxy) is 1. The van der Waals surface area contributed by atoms with Crippen LogP contribution in [0.25, 0.3) is 0 Å². The van der Waals surface area contributed by atoms with Crippen molar-refractivity contribution in [3.05, 3.63) is 65.7 Å². The van der Waals surface area contributed by atoms with Crippen LogP contribution >= 0.6 is 0 Å². The Morgan fingerprint density at radius 1 is 1.19 bits per heavy atom. The minimum Gasteiger partial charge on any atom is -0.501 e. The van der Waals surface area contributed by atoms with Crippen molar-refractivity contribution in [2.45, 2.75) is 19.3 Å². The highest BCUT2D eigenvalue weighted by Crippen LogP contribution is 2.31. The zero-order chi connectivity index (χ0) is 17.9. The minimum absolute atomic E-state index is 0.0573. The number of hydrogen-bond acceptors (Lipinski definition) is 4. The quantitative estimate of drug-likeness (QED) is 0.925. The second kappa shape index (κ2) is 7.00. The topological polar surface area (TPSA) is 71.5 Å². The monoisotopic (exact) mass is 349 g/mol. The lowest BCUT2D eigenvalue weighted by atomic mass is 10.1. The van der Waals surface area contributed by atoms with Gasteiger partial charge in [0.2, 0.25) is 0 Å². The number of hydrogen-bond donors (Lipinski definition) is 1. The summed E-state index contributed by atoms with van der Waals surface area (Å²) in [6.45, 7) is 1.29. The number of carbonyl (C=O) groups excluding carboxylic acids is 2. The van der Waals surface area contributed by atoms with Crippen LogP contribution in [-0.4, -0.2) is 29.9 Å². The highest BCUT2D eigenvalue weighted by atomic mass is 16.5. The number of benzene rings is 1. The van der Waals surface area contributed by atoms with Gasteiger partial charge in [-0.2, -0.15) is 0 Å². The number of anilines is 2. The Morgan fingerprint density at radius 3 is 2.88 bits per heavy atom. The lowest BCUT2D eigenvalue weighted by Gasteiger charge is -2.18. The van der Waals surface area contributed by atoms with Gasteiger partial charge in [-0.05, 0) is 55.2 Å². The summed E-state index contributed by atoms with van der Waals surface area (Å²) in [5.41, 5.74) is 3.90. The lowest BCUT2D eigenvalue weighted by molar-refractivity contribution is -0.113. The van der Waals surface area contributed by atoms with Gasteiger partial charge in [-0.3, -0.25) is 14.6 Å². The van der Waals surface area contributed by atoms with Crippen molar-refractivity contribution >= 4 is 23.2 Å². The Balaban J connectivity index is 1.51. The van der Waals surface area contributed by atoms with Gasteiger partial charge in [-0.1, -0.05) is 0 Å². The summed E-state index contributed by atoms with van der Waals surface area (Å²) < 4.78 is 5.23. The molecule has 1 N–H and O–H groups in total. The third-order valence-electron chi connectivity index (χ3n) is 4.61. The molecular weight excluding hydrogens is 330 g/mol. The number of rotatable bonds is 3. The van der Waals surface area contributed by atoms with E-state index < -0.39 is 0 Å². The molecule has 0 atom stereocenters. The number of carbonyl (C=O) groups is 2. The average molecular weight is 349 g/mol. The Morgan fingerprint density at radius 2 is 2.12 bits per heavy atom. The number of amides is 2. The smallest absolute Gasteiger partial charge is 0.259 e. The first-order chi connectivity index (χ1) is 12.7. The molecule has 0 saturated carbocycles. The van der Waals surface area contributed by atoms with E-state index in [-0.39, 0.29) is 11.8 Å². The van der Waals surface area contributed by atoms with E-state index in [0.717, 1.165) is 36.2 Å². The molecule has 2 aliphatic heterocycles. The summed E-state index contributed by atoms with van der Waals surface area (Å²) in [7, 11) is 0. The van der Waals surface area contributed by atoms with Crippen molar-refractivity contribution in [2.24, 2.45) is 0 Å². The Hall–Kier alpha value is -3.15. The summed E-state index contributed by atoms with van der Waals surface area (Å²) in [6.07, 6.45) is 7.11. The van der Waals surface area contributed by atoms with Crippen molar-refractivity contribution in [3.63, 3.8) is 0 Å². The molecule has 132 valence electrons. The molecule has 6 nitrogen and oxygen atoms in total. The lowest BCUT2D eigenvalue weighted by Crippen LogP contribution is -2.28. The molecule has 0 spiro atoms. The van der Waals surface area contributed by atoms with Gasteiger partial charge >= 0.3 is 0 Å². The fourth-order valence-corrected chi connectivity index (χ4v) is 3.28. The molecule has 2 amide bonds. The van der Waals surface area contributed by atoms with E-state index in [4.69, 9.17) is 4.74 Å². The van der Waals surface area contributed by atoms with E-state index in [2.05, 4.69) is 10.3 Å². The van der Waals surface area contributed by atoms with E-state index in [0.29, 0.717) is 24.3 Å². The first-order valence-corrected chi connectivity index (χ1v) is 8.69. The molecule has 0 bridgehead atoms. The summed E-state index contributed by atoms with van der Waals surface area (Å²) in [5.74, 6) is -0.191. The molecular formula is C20H19N3O3. The number of pyridine rings is 1. The third-order valence-corrected chi connectivity index (χ3v) is 4.61. The summed E-state index contributed by atoms with van der Waals surface area (Å²) in [5, 5.41) is 2.92. The van der Waals surface area contributed by atoms with Gasteiger partial charge in [0.05, 0.1) is 24.0 Å². The predicted octanol–water partition coefficient (Wildman–Crippen LogP) is 2.92. The van der Waals surface area contributed by atoms with E-state index in [1.165, 1.54) is 0 Å². The zero-order valence-electron chi connectivity index (χ0n) is 14.3. The summed E-state index contributed by atoms with van der Waals surface area (Å²) in [6, 6.07) is 9.18. The Kier molecular flexibility index (Phi) is 4.39. The maximum atomic E-state index is 12.7. The van der Waals surface area contributed by atoms with Gasteiger partial charge in [-0.25, -0.2) is 0 Å². The standard InChI is InChI=1S/C20H19N3O3/c24-19(16-4-2-10-26-13-16)22-17-5-6-18-14(11-17)7-9-23(18)20(25)15-3-1-8-21-12-15/h1,3,5-6,8,11-13H,2,4,7,9-10H2,(H,22,24). The fraction of sp³-hybridized carbons (Fsp3) is 0.250. The molecule has 0 fully saturated rings. The molecule has 1 aromatic heterocycles. The van der Waals surface area contributed by atoms with Crippen LogP contribution in [0.2, 0.25) is 0 Å². The molecule has 1 aromatic carbocycles. The number of fused-ring (bicyclic) bond motifs is 1. The van der Waals surface area contributed by atoms with E-state index in [1.807, 2.05) is 18.2 Å². The fourth-order valence-electron chi connectivity index (χ4n) is 3.28. The van der Waals surface area contributed by atoms with Gasteiger partial charge in [0.1, 0.15) is 0 Å². The van der Waals surface area contributed by atoms with Crippen LogP contribution in [-0.2, 0) is 16.0 Å². The second-order valence-corrected chi connectivity index (χ2v) is 6.36. The Bertz CT molecular complexity index is 877. The first kappa shape index (κ1) is 16.3. The molecule has 0 aliphatic carbocycles. The number of nitrogens with one attached hydrogen (secondary N) is 1. The van der Waals surface area contributed by atoms with Crippen molar-refractivity contribution in [2.75, 3.05) is 23.4 Å². The molecule has 2 aliphatic rings. The van der Waals surface area contributed by atoms with Crippen LogP contribution in [0.1, 0.15) is 28.8 Å². The van der Waals surface area contributed by atoms with Crippen molar-refractivity contribution in [3.8, 4) is 0 Å². The molecule has 0 unspecified atom stereocenters. The van der Waals surface area contributed by atoms with Gasteiger partial charge in [-0.15, -0.1) is 0 Å². The second-order valence-electron chi connectivity index (χ2n) is 6.36. The largest absolute Gasteiger partial charge is 0.501 e. The first-order valence-electron chi connectivity index (χ1n) is 8.69. The van der Waals surface area contributed by atoms with Crippen LogP contribution in [0.4, 0.5) is 11.4 Å². The molecule has 3 heterocycles. The molecule has 0 radical (unpaired) electrons. The SMILES string of the molecule is O=C(Nc1ccc2c(c1)CCN2C(=O)c1cccnc1)C1=COCCC1. The highest BCUT2D eigenvalue weighted by molar-refractivity contribution is 6.07. The van der Waals surface area contributed by atoms with Crippen molar-refractivity contribution in [1.82, 2.24) is 4.98 Å². The maximum absolute atomic E-state index is 12.7. The molecule has 4 rings (SSSR count). The van der Waals surface area contributed by atoms with Gasteiger partial charge in [0.25, 0.3) is 11.8 Å². The Labute approximate surface area is 151 Å². The molecule has 0 saturated heterocycles. The van der Waals surface area contributed by atoms with Crippen LogP contribution in [0.3, 0.4) is 0 Å². The number of nitrogens with zero attached hydrogens (tertiary/aromatic N) is 2. The van der Waals surface area contributed by atoms with Gasteiger partial charge in [0, 0.05) is 30.3 Å². The van der Waals surface area contributed by atoms with Crippen molar-refractivity contribution in [1.29, 1.82) is 0 Å². The van der Waals surface area contributed by atoms with Crippen LogP contribution < -0.4 is 10.2 Å². The molecule has 26 heavy (non-hydrogen) atoms. The zero-order valence-corrected chi connectivity index (χ0v) is 14.3. The maximum Gasteiger partial charge on any atom is 0.259 e. The van der Waals surface area contributed by atoms with E-state index in [9.17, 15) is 9.59 Å². The normalized spacial score (nSPS) is 15.7. The van der Waals surface area contributed by atoms with Gasteiger partial charge in [0.15, 0.2) is 0 Å². The molecule has 6 heteroatoms. The van der Waals surface area contributed by atoms with Crippen LogP contribution in [0.5, 0.6) is 0 Å². The van der Waals surface area contributed by atoms with Crippen LogP contribution in [0.15, 0.2) is 54.6 Å². The summed E-state index contributed by atoms with van der Waals surface area (Å²) in [4.78, 5) is 30.7. The number of aromatic nitrogens is 1. The molecule has 2 aromatic rings. The van der Waals surface area contributed by atoms with E-state index in [1.54, 1.807) is 35.7 Å².